The van der Waals surface area contributed by atoms with Crippen molar-refractivity contribution < 1.29 is 8.76 Å². The second kappa shape index (κ2) is 7.74. The molecule has 1 atom stereocenters. The summed E-state index contributed by atoms with van der Waals surface area (Å²) >= 11 is 1.02. The third-order valence-electron chi connectivity index (χ3n) is 3.05. The number of hydrogen-bond acceptors (Lipinski definition) is 5. The van der Waals surface area contributed by atoms with Crippen molar-refractivity contribution in [2.24, 2.45) is 0 Å². The summed E-state index contributed by atoms with van der Waals surface area (Å²) in [4.78, 5) is 4.64. The van der Waals surface area contributed by atoms with Crippen LogP contribution in [-0.4, -0.2) is 13.7 Å². The van der Waals surface area contributed by atoms with E-state index in [4.69, 9.17) is 0 Å². The van der Waals surface area contributed by atoms with Crippen LogP contribution in [-0.2, 0) is 17.0 Å². The fourth-order valence-electron chi connectivity index (χ4n) is 1.96. The maximum absolute atomic E-state index is 10.6. The summed E-state index contributed by atoms with van der Waals surface area (Å²) in [5.41, 5.74) is 2.81. The van der Waals surface area contributed by atoms with Gasteiger partial charge in [-0.05, 0) is 17.7 Å². The van der Waals surface area contributed by atoms with Crippen LogP contribution in [0.5, 0.6) is 0 Å². The Morgan fingerprint density at radius 1 is 1.13 bits per heavy atom. The molecule has 0 aliphatic carbocycles. The SMILES string of the molecule is O=S([O-])Nc1ccc(CSc2csc(-c3ccccc3)n2)cc1. The van der Waals surface area contributed by atoms with Gasteiger partial charge in [0.25, 0.3) is 0 Å². The molecule has 23 heavy (non-hydrogen) atoms. The molecule has 0 saturated heterocycles. The average Bonchev–Trinajstić information content (AvgIpc) is 3.04. The van der Waals surface area contributed by atoms with Gasteiger partial charge in [-0.25, -0.2) is 4.98 Å². The predicted octanol–water partition coefficient (Wildman–Crippen LogP) is 4.31. The van der Waals surface area contributed by atoms with Crippen LogP contribution in [0.4, 0.5) is 5.69 Å². The summed E-state index contributed by atoms with van der Waals surface area (Å²) in [6.07, 6.45) is 0. The zero-order valence-corrected chi connectivity index (χ0v) is 14.4. The highest BCUT2D eigenvalue weighted by Gasteiger charge is 2.05. The Kier molecular flexibility index (Phi) is 5.45. The van der Waals surface area contributed by atoms with Crippen LogP contribution in [0.3, 0.4) is 0 Å². The second-order valence-corrected chi connectivity index (χ2v) is 7.21. The van der Waals surface area contributed by atoms with Crippen molar-refractivity contribution in [3.8, 4) is 10.6 Å². The number of thiazole rings is 1. The van der Waals surface area contributed by atoms with Gasteiger partial charge in [-0.15, -0.1) is 23.1 Å². The predicted molar refractivity (Wildman–Crippen MR) is 96.1 cm³/mol. The first-order chi connectivity index (χ1) is 11.2. The molecule has 1 N–H and O–H groups in total. The highest BCUT2D eigenvalue weighted by molar-refractivity contribution is 7.98. The minimum atomic E-state index is -2.29. The molecule has 2 aromatic carbocycles. The zero-order chi connectivity index (χ0) is 16.1. The molecule has 0 saturated carbocycles. The fourth-order valence-corrected chi connectivity index (χ4v) is 4.12. The maximum atomic E-state index is 10.6. The van der Waals surface area contributed by atoms with E-state index in [1.807, 2.05) is 30.3 Å². The average molecular weight is 361 g/mol. The molecule has 0 spiro atoms. The Morgan fingerprint density at radius 2 is 1.87 bits per heavy atom. The van der Waals surface area contributed by atoms with Gasteiger partial charge in [0.05, 0.1) is 0 Å². The van der Waals surface area contributed by atoms with Crippen LogP contribution < -0.4 is 4.72 Å². The molecule has 118 valence electrons. The lowest BCUT2D eigenvalue weighted by Crippen LogP contribution is -2.01. The largest absolute Gasteiger partial charge is 0.755 e. The van der Waals surface area contributed by atoms with Gasteiger partial charge in [0, 0.05) is 33.7 Å². The van der Waals surface area contributed by atoms with E-state index in [2.05, 4.69) is 27.2 Å². The Hall–Kier alpha value is -1.67. The van der Waals surface area contributed by atoms with E-state index in [0.29, 0.717) is 5.69 Å². The second-order valence-electron chi connectivity index (χ2n) is 4.68. The molecule has 3 rings (SSSR count). The highest BCUT2D eigenvalue weighted by Crippen LogP contribution is 2.30. The lowest BCUT2D eigenvalue weighted by molar-refractivity contribution is 0.542. The van der Waals surface area contributed by atoms with E-state index in [1.165, 1.54) is 0 Å². The van der Waals surface area contributed by atoms with E-state index >= 15 is 0 Å². The van der Waals surface area contributed by atoms with Crippen molar-refractivity contribution in [2.45, 2.75) is 10.8 Å². The van der Waals surface area contributed by atoms with Crippen molar-refractivity contribution in [3.05, 3.63) is 65.5 Å². The van der Waals surface area contributed by atoms with Gasteiger partial charge in [-0.2, -0.15) is 0 Å². The molecule has 1 aromatic heterocycles. The Labute approximate surface area is 145 Å². The number of thioether (sulfide) groups is 1. The van der Waals surface area contributed by atoms with Gasteiger partial charge in [0.2, 0.25) is 0 Å². The Morgan fingerprint density at radius 3 is 2.57 bits per heavy atom. The number of anilines is 1. The lowest BCUT2D eigenvalue weighted by atomic mass is 10.2. The van der Waals surface area contributed by atoms with Crippen molar-refractivity contribution >= 4 is 40.1 Å². The first kappa shape index (κ1) is 16.2. The molecule has 0 radical (unpaired) electrons. The maximum Gasteiger partial charge on any atom is 0.124 e. The lowest BCUT2D eigenvalue weighted by Gasteiger charge is -2.08. The van der Waals surface area contributed by atoms with Crippen molar-refractivity contribution in [2.75, 3.05) is 4.72 Å². The molecule has 1 heterocycles. The van der Waals surface area contributed by atoms with E-state index in [0.717, 1.165) is 26.9 Å². The summed E-state index contributed by atoms with van der Waals surface area (Å²) in [5, 5.41) is 4.08. The van der Waals surface area contributed by atoms with Gasteiger partial charge in [-0.3, -0.25) is 4.21 Å². The molecule has 3 aromatic rings. The number of hydrogen-bond donors (Lipinski definition) is 1. The summed E-state index contributed by atoms with van der Waals surface area (Å²) in [5.74, 6) is 0.790. The molecule has 0 fully saturated rings. The van der Waals surface area contributed by atoms with Gasteiger partial charge in [0.1, 0.15) is 10.0 Å². The van der Waals surface area contributed by atoms with E-state index in [9.17, 15) is 8.76 Å². The first-order valence-corrected chi connectivity index (χ1v) is 9.73. The molecule has 4 nitrogen and oxygen atoms in total. The van der Waals surface area contributed by atoms with Crippen molar-refractivity contribution in [1.29, 1.82) is 0 Å². The third-order valence-corrected chi connectivity index (χ3v) is 5.47. The van der Waals surface area contributed by atoms with Gasteiger partial charge in [0.15, 0.2) is 0 Å². The van der Waals surface area contributed by atoms with Crippen LogP contribution in [0.2, 0.25) is 0 Å². The minimum Gasteiger partial charge on any atom is -0.755 e. The van der Waals surface area contributed by atoms with Gasteiger partial charge < -0.3 is 9.27 Å². The standard InChI is InChI=1S/C16H14N2O2S3/c19-23(20)18-14-8-6-12(7-9-14)10-21-15-11-22-16(17-15)13-4-2-1-3-5-13/h1-9,11,18H,10H2,(H,19,20)/p-1. The summed E-state index contributed by atoms with van der Waals surface area (Å²) < 4.78 is 23.4. The third kappa shape index (κ3) is 4.65. The zero-order valence-electron chi connectivity index (χ0n) is 12.0. The normalized spacial score (nSPS) is 12.0. The minimum absolute atomic E-state index is 0.562. The Balaban J connectivity index is 1.60. The number of nitrogens with one attached hydrogen (secondary N) is 1. The van der Waals surface area contributed by atoms with Crippen LogP contribution in [0.25, 0.3) is 10.6 Å². The monoisotopic (exact) mass is 361 g/mol. The molecule has 7 heteroatoms. The molecule has 1 unspecified atom stereocenters. The van der Waals surface area contributed by atoms with Crippen LogP contribution in [0, 0.1) is 0 Å². The summed E-state index contributed by atoms with van der Waals surface area (Å²) in [6.45, 7) is 0. The van der Waals surface area contributed by atoms with E-state index < -0.39 is 11.3 Å². The molecular formula is C16H13N2O2S3-. The highest BCUT2D eigenvalue weighted by atomic mass is 32.2. The number of aromatic nitrogens is 1. The quantitative estimate of drug-likeness (QED) is 0.525. The van der Waals surface area contributed by atoms with Crippen LogP contribution >= 0.6 is 23.1 Å². The molecular weight excluding hydrogens is 348 g/mol. The summed E-state index contributed by atoms with van der Waals surface area (Å²) in [7, 11) is 0. The van der Waals surface area contributed by atoms with E-state index in [-0.39, 0.29) is 0 Å². The Bertz CT molecular complexity index is 789. The summed E-state index contributed by atoms with van der Waals surface area (Å²) in [6, 6.07) is 17.4. The van der Waals surface area contributed by atoms with Gasteiger partial charge in [-0.1, -0.05) is 42.5 Å². The van der Waals surface area contributed by atoms with Crippen molar-refractivity contribution in [1.82, 2.24) is 4.98 Å². The van der Waals surface area contributed by atoms with Crippen molar-refractivity contribution in [3.63, 3.8) is 0 Å². The van der Waals surface area contributed by atoms with Crippen LogP contribution in [0.1, 0.15) is 5.56 Å². The number of nitrogens with zero attached hydrogens (tertiary/aromatic N) is 1. The molecule has 0 aliphatic rings. The van der Waals surface area contributed by atoms with Gasteiger partial charge >= 0.3 is 0 Å². The number of rotatable bonds is 6. The topological polar surface area (TPSA) is 65.0 Å². The van der Waals surface area contributed by atoms with E-state index in [1.54, 1.807) is 35.2 Å². The number of benzene rings is 2. The smallest absolute Gasteiger partial charge is 0.124 e. The van der Waals surface area contributed by atoms with Crippen LogP contribution in [0.15, 0.2) is 65.0 Å². The molecule has 0 bridgehead atoms. The first-order valence-electron chi connectivity index (χ1n) is 6.79. The fraction of sp³-hybridized carbons (Fsp3) is 0.0625. The molecule has 0 amide bonds. The molecule has 0 aliphatic heterocycles.